The van der Waals surface area contributed by atoms with E-state index in [0.717, 1.165) is 30.3 Å². The molecule has 186 valence electrons. The Morgan fingerprint density at radius 1 is 1.20 bits per heavy atom. The lowest BCUT2D eigenvalue weighted by molar-refractivity contribution is -0.141. The summed E-state index contributed by atoms with van der Waals surface area (Å²) in [7, 11) is 0. The van der Waals surface area contributed by atoms with Crippen LogP contribution >= 0.6 is 11.3 Å². The molecule has 0 bridgehead atoms. The maximum atomic E-state index is 13.4. The molecule has 1 saturated carbocycles. The third kappa shape index (κ3) is 6.16. The number of nitrogens with one attached hydrogen (secondary N) is 1. The molecule has 4 rings (SSSR count). The number of carboxylic acid groups (broad SMARTS) is 1. The van der Waals surface area contributed by atoms with Gasteiger partial charge in [-0.05, 0) is 48.9 Å². The second-order valence-electron chi connectivity index (χ2n) is 9.14. The molecule has 0 spiro atoms. The minimum Gasteiger partial charge on any atom is -0.481 e. The first kappa shape index (κ1) is 24.6. The van der Waals surface area contributed by atoms with Crippen molar-refractivity contribution in [2.45, 2.75) is 52.6 Å². The SMILES string of the molecule is CC1CCC(Cn2c(Nc3ccc(Oc4nccs4)cc3)nc(=O)n(C[C@H](C)C(=O)O)c2=O)CC1. The lowest BCUT2D eigenvalue weighted by Crippen LogP contribution is -2.45. The average Bonchev–Trinajstić information content (AvgIpc) is 3.34. The fourth-order valence-electron chi connectivity index (χ4n) is 4.16. The number of carbonyl (C=O) groups is 1. The van der Waals surface area contributed by atoms with Crippen molar-refractivity contribution in [3.8, 4) is 10.9 Å². The van der Waals surface area contributed by atoms with Gasteiger partial charge < -0.3 is 15.2 Å². The van der Waals surface area contributed by atoms with Crippen LogP contribution in [0.3, 0.4) is 0 Å². The van der Waals surface area contributed by atoms with Gasteiger partial charge in [0.2, 0.25) is 5.95 Å². The summed E-state index contributed by atoms with van der Waals surface area (Å²) in [5.74, 6) is -0.282. The molecule has 2 N–H and O–H groups in total. The normalized spacial score (nSPS) is 18.7. The van der Waals surface area contributed by atoms with Crippen LogP contribution in [-0.2, 0) is 17.9 Å². The van der Waals surface area contributed by atoms with Gasteiger partial charge in [0.05, 0.1) is 5.92 Å². The Morgan fingerprint density at radius 3 is 2.54 bits per heavy atom. The predicted octanol–water partition coefficient (Wildman–Crippen LogP) is 3.94. The van der Waals surface area contributed by atoms with E-state index >= 15 is 0 Å². The van der Waals surface area contributed by atoms with Crippen molar-refractivity contribution in [1.82, 2.24) is 19.1 Å². The highest BCUT2D eigenvalue weighted by atomic mass is 32.1. The van der Waals surface area contributed by atoms with Gasteiger partial charge in [-0.3, -0.25) is 9.36 Å². The van der Waals surface area contributed by atoms with Gasteiger partial charge in [0.15, 0.2) is 0 Å². The van der Waals surface area contributed by atoms with Crippen molar-refractivity contribution in [3.63, 3.8) is 0 Å². The van der Waals surface area contributed by atoms with Crippen molar-refractivity contribution in [1.29, 1.82) is 0 Å². The molecule has 2 aromatic heterocycles. The van der Waals surface area contributed by atoms with Crippen molar-refractivity contribution >= 4 is 28.9 Å². The Hall–Kier alpha value is -3.47. The first-order valence-electron chi connectivity index (χ1n) is 11.7. The van der Waals surface area contributed by atoms with Gasteiger partial charge in [0, 0.05) is 30.4 Å². The number of aromatic nitrogens is 4. The summed E-state index contributed by atoms with van der Waals surface area (Å²) in [5.41, 5.74) is -0.698. The summed E-state index contributed by atoms with van der Waals surface area (Å²) < 4.78 is 8.06. The largest absolute Gasteiger partial charge is 0.481 e. The summed E-state index contributed by atoms with van der Waals surface area (Å²) in [4.78, 5) is 45.6. The van der Waals surface area contributed by atoms with Gasteiger partial charge in [0.25, 0.3) is 5.19 Å². The number of carboxylic acids is 1. The van der Waals surface area contributed by atoms with E-state index in [4.69, 9.17) is 4.74 Å². The summed E-state index contributed by atoms with van der Waals surface area (Å²) in [5, 5.41) is 14.7. The van der Waals surface area contributed by atoms with Gasteiger partial charge >= 0.3 is 17.3 Å². The van der Waals surface area contributed by atoms with E-state index in [2.05, 4.69) is 22.2 Å². The van der Waals surface area contributed by atoms with E-state index in [1.165, 1.54) is 22.8 Å². The van der Waals surface area contributed by atoms with E-state index in [0.29, 0.717) is 29.1 Å². The molecule has 3 aromatic rings. The molecule has 35 heavy (non-hydrogen) atoms. The Kier molecular flexibility index (Phi) is 7.64. The molecule has 1 atom stereocenters. The quantitative estimate of drug-likeness (QED) is 0.453. The third-order valence-electron chi connectivity index (χ3n) is 6.33. The van der Waals surface area contributed by atoms with Crippen LogP contribution in [0, 0.1) is 17.8 Å². The molecule has 1 aliphatic carbocycles. The topological polar surface area (TPSA) is 128 Å². The summed E-state index contributed by atoms with van der Waals surface area (Å²) >= 11 is 1.38. The summed E-state index contributed by atoms with van der Waals surface area (Å²) in [6, 6.07) is 7.04. The Balaban J connectivity index is 1.62. The zero-order valence-electron chi connectivity index (χ0n) is 19.7. The number of aliphatic carboxylic acids is 1. The minimum absolute atomic E-state index is 0.145. The zero-order chi connectivity index (χ0) is 24.9. The van der Waals surface area contributed by atoms with Crippen molar-refractivity contribution < 1.29 is 14.6 Å². The third-order valence-corrected chi connectivity index (χ3v) is 6.98. The first-order valence-corrected chi connectivity index (χ1v) is 12.6. The van der Waals surface area contributed by atoms with Crippen LogP contribution in [-0.4, -0.2) is 30.2 Å². The van der Waals surface area contributed by atoms with Gasteiger partial charge in [-0.2, -0.15) is 4.98 Å². The van der Waals surface area contributed by atoms with Gasteiger partial charge in [-0.25, -0.2) is 19.1 Å². The molecule has 1 aromatic carbocycles. The monoisotopic (exact) mass is 499 g/mol. The minimum atomic E-state index is -1.08. The van der Waals surface area contributed by atoms with E-state index in [1.54, 1.807) is 30.5 Å². The molecule has 0 aliphatic heterocycles. The number of anilines is 2. The molecular weight excluding hydrogens is 470 g/mol. The smallest absolute Gasteiger partial charge is 0.354 e. The number of nitrogens with zero attached hydrogens (tertiary/aromatic N) is 4. The molecule has 1 aliphatic rings. The Labute approximate surface area is 206 Å². The second kappa shape index (κ2) is 10.9. The molecule has 0 unspecified atom stereocenters. The van der Waals surface area contributed by atoms with Gasteiger partial charge in [-0.15, -0.1) is 0 Å². The lowest BCUT2D eigenvalue weighted by atomic mass is 9.83. The molecule has 2 heterocycles. The number of hydrogen-bond donors (Lipinski definition) is 2. The van der Waals surface area contributed by atoms with Gasteiger partial charge in [0.1, 0.15) is 5.75 Å². The van der Waals surface area contributed by atoms with Crippen molar-refractivity contribution in [3.05, 3.63) is 56.8 Å². The number of hydrogen-bond acceptors (Lipinski definition) is 8. The standard InChI is InChI=1S/C24H29N5O5S/c1-15-3-5-17(6-4-15)14-28-21(27-22(32)29(24(28)33)13-16(2)20(30)31)26-18-7-9-19(10-8-18)34-23-25-11-12-35-23/h7-12,15-17H,3-6,13-14H2,1-2H3,(H,30,31)(H,26,27,32)/t15?,16-,17?/m0/s1. The number of benzene rings is 1. The van der Waals surface area contributed by atoms with Crippen LogP contribution in [0.4, 0.5) is 11.6 Å². The highest BCUT2D eigenvalue weighted by Crippen LogP contribution is 2.30. The molecule has 1 fully saturated rings. The molecule has 0 saturated heterocycles. The Bertz CT molecular complexity index is 1260. The number of ether oxygens (including phenoxy) is 1. The molecule has 0 amide bonds. The zero-order valence-corrected chi connectivity index (χ0v) is 20.5. The van der Waals surface area contributed by atoms with Crippen molar-refractivity contribution in [2.24, 2.45) is 17.8 Å². The van der Waals surface area contributed by atoms with Crippen LogP contribution in [0.15, 0.2) is 45.4 Å². The average molecular weight is 500 g/mol. The van der Waals surface area contributed by atoms with Crippen LogP contribution < -0.4 is 21.4 Å². The van der Waals surface area contributed by atoms with Crippen molar-refractivity contribution in [2.75, 3.05) is 5.32 Å². The number of thiazole rings is 1. The fraction of sp³-hybridized carbons (Fsp3) is 0.458. The summed E-state index contributed by atoms with van der Waals surface area (Å²) in [6.45, 7) is 3.87. The predicted molar refractivity (Wildman–Crippen MR) is 133 cm³/mol. The van der Waals surface area contributed by atoms with E-state index < -0.39 is 23.3 Å². The summed E-state index contributed by atoms with van der Waals surface area (Å²) in [6.07, 6.45) is 5.81. The first-order chi connectivity index (χ1) is 16.8. The highest BCUT2D eigenvalue weighted by molar-refractivity contribution is 7.11. The van der Waals surface area contributed by atoms with Crippen LogP contribution in [0.5, 0.6) is 10.9 Å². The van der Waals surface area contributed by atoms with Crippen LogP contribution in [0.1, 0.15) is 39.5 Å². The fourth-order valence-corrected chi connectivity index (χ4v) is 4.67. The Morgan fingerprint density at radius 2 is 1.91 bits per heavy atom. The maximum Gasteiger partial charge on any atom is 0.354 e. The van der Waals surface area contributed by atoms with Crippen LogP contribution in [0.25, 0.3) is 0 Å². The second-order valence-corrected chi connectivity index (χ2v) is 9.99. The van der Waals surface area contributed by atoms with E-state index in [9.17, 15) is 19.5 Å². The van der Waals surface area contributed by atoms with Crippen LogP contribution in [0.2, 0.25) is 0 Å². The molecular formula is C24H29N5O5S. The number of rotatable bonds is 9. The maximum absolute atomic E-state index is 13.4. The highest BCUT2D eigenvalue weighted by Gasteiger charge is 2.23. The van der Waals surface area contributed by atoms with E-state index in [-0.39, 0.29) is 18.4 Å². The molecule has 10 nitrogen and oxygen atoms in total. The molecule has 11 heteroatoms. The molecule has 0 radical (unpaired) electrons. The van der Waals surface area contributed by atoms with Gasteiger partial charge in [-0.1, -0.05) is 38.0 Å². The lowest BCUT2D eigenvalue weighted by Gasteiger charge is -2.27. The van der Waals surface area contributed by atoms with E-state index in [1.807, 2.05) is 5.38 Å².